The standard InChI is InChI=1S/C15H14ClNO3/c16-11-2-1-9-5-10(12(9)6-11)7-17-4-3-14(18)13(8-17)15(19)20/h1-2,5-6,18H,3-4,7-8H2,(H,19,20). The van der Waals surface area contributed by atoms with Gasteiger partial charge < -0.3 is 10.2 Å². The summed E-state index contributed by atoms with van der Waals surface area (Å²) in [7, 11) is 0. The number of halogens is 1. The van der Waals surface area contributed by atoms with E-state index in [0.29, 0.717) is 24.5 Å². The molecule has 1 aliphatic carbocycles. The van der Waals surface area contributed by atoms with Gasteiger partial charge in [-0.25, -0.2) is 4.79 Å². The predicted molar refractivity (Wildman–Crippen MR) is 76.9 cm³/mol. The molecule has 1 aromatic carbocycles. The highest BCUT2D eigenvalue weighted by Gasteiger charge is 2.24. The Morgan fingerprint density at radius 2 is 2.20 bits per heavy atom. The van der Waals surface area contributed by atoms with Gasteiger partial charge in [0.05, 0.1) is 5.57 Å². The van der Waals surface area contributed by atoms with Gasteiger partial charge >= 0.3 is 5.97 Å². The molecule has 0 fully saturated rings. The van der Waals surface area contributed by atoms with Gasteiger partial charge in [0.25, 0.3) is 0 Å². The summed E-state index contributed by atoms with van der Waals surface area (Å²) < 4.78 is 0. The third-order valence-corrected chi connectivity index (χ3v) is 3.97. The highest BCUT2D eigenvalue weighted by Crippen LogP contribution is 2.18. The molecule has 5 heteroatoms. The first-order chi connectivity index (χ1) is 9.54. The van der Waals surface area contributed by atoms with E-state index in [0.717, 1.165) is 10.8 Å². The monoisotopic (exact) mass is 291 g/mol. The van der Waals surface area contributed by atoms with Crippen LogP contribution in [0.15, 0.2) is 29.5 Å². The van der Waals surface area contributed by atoms with Gasteiger partial charge in [0, 0.05) is 31.1 Å². The normalized spacial score (nSPS) is 18.4. The maximum absolute atomic E-state index is 11.0. The van der Waals surface area contributed by atoms with Gasteiger partial charge in [-0.15, -0.1) is 0 Å². The molecule has 0 aromatic heterocycles. The molecule has 0 saturated carbocycles. The average molecular weight is 292 g/mol. The number of nitrogens with zero attached hydrogens (tertiary/aromatic N) is 1. The lowest BCUT2D eigenvalue weighted by Gasteiger charge is -2.28. The lowest BCUT2D eigenvalue weighted by atomic mass is 9.98. The molecule has 1 heterocycles. The number of aliphatic hydroxyl groups is 1. The Labute approximate surface area is 120 Å². The number of aliphatic carboxylic acids is 1. The molecule has 0 amide bonds. The molecule has 2 aliphatic rings. The van der Waals surface area contributed by atoms with E-state index in [4.69, 9.17) is 16.7 Å². The van der Waals surface area contributed by atoms with E-state index in [1.54, 1.807) is 0 Å². The number of hydrogen-bond donors (Lipinski definition) is 2. The van der Waals surface area contributed by atoms with Crippen LogP contribution in [0.2, 0.25) is 5.02 Å². The number of fused-ring (bicyclic) bond motifs is 1. The Kier molecular flexibility index (Phi) is 3.28. The van der Waals surface area contributed by atoms with Gasteiger partial charge in [0.2, 0.25) is 0 Å². The van der Waals surface area contributed by atoms with Crippen LogP contribution in [0.4, 0.5) is 0 Å². The van der Waals surface area contributed by atoms with Crippen LogP contribution in [0, 0.1) is 0 Å². The van der Waals surface area contributed by atoms with Gasteiger partial charge in [-0.05, 0) is 34.2 Å². The van der Waals surface area contributed by atoms with Gasteiger partial charge in [-0.3, -0.25) is 4.90 Å². The quantitative estimate of drug-likeness (QED) is 0.868. The molecule has 0 bridgehead atoms. The van der Waals surface area contributed by atoms with Crippen LogP contribution >= 0.6 is 11.6 Å². The molecule has 0 unspecified atom stereocenters. The van der Waals surface area contributed by atoms with E-state index < -0.39 is 5.97 Å². The number of hydrogen-bond acceptors (Lipinski definition) is 3. The van der Waals surface area contributed by atoms with Crippen molar-refractivity contribution in [2.24, 2.45) is 0 Å². The lowest BCUT2D eigenvalue weighted by Crippen LogP contribution is -2.41. The molecule has 2 N–H and O–H groups in total. The third-order valence-electron chi connectivity index (χ3n) is 3.74. The minimum atomic E-state index is -1.04. The van der Waals surface area contributed by atoms with Crippen molar-refractivity contribution in [3.8, 4) is 0 Å². The maximum Gasteiger partial charge on any atom is 0.336 e. The van der Waals surface area contributed by atoms with Gasteiger partial charge in [-0.2, -0.15) is 0 Å². The summed E-state index contributed by atoms with van der Waals surface area (Å²) in [6, 6.07) is 5.77. The Bertz CT molecular complexity index is 736. The second-order valence-electron chi connectivity index (χ2n) is 5.09. The second kappa shape index (κ2) is 4.96. The zero-order valence-corrected chi connectivity index (χ0v) is 11.5. The Morgan fingerprint density at radius 1 is 1.40 bits per heavy atom. The van der Waals surface area contributed by atoms with Gasteiger partial charge in [0.1, 0.15) is 5.76 Å². The molecule has 0 spiro atoms. The molecule has 0 atom stereocenters. The van der Waals surface area contributed by atoms with Crippen molar-refractivity contribution in [1.82, 2.24) is 4.90 Å². The molecule has 1 aliphatic heterocycles. The zero-order valence-electron chi connectivity index (χ0n) is 10.8. The van der Waals surface area contributed by atoms with E-state index in [2.05, 4.69) is 6.08 Å². The fraction of sp³-hybridized carbons (Fsp3) is 0.267. The molecule has 0 saturated heterocycles. The van der Waals surface area contributed by atoms with Crippen LogP contribution in [0.5, 0.6) is 0 Å². The van der Waals surface area contributed by atoms with E-state index >= 15 is 0 Å². The Hall–Kier alpha value is -1.78. The van der Waals surface area contributed by atoms with E-state index in [-0.39, 0.29) is 17.9 Å². The average Bonchev–Trinajstić information content (AvgIpc) is 2.40. The minimum Gasteiger partial charge on any atom is -0.512 e. The van der Waals surface area contributed by atoms with Gasteiger partial charge in [0.15, 0.2) is 0 Å². The largest absolute Gasteiger partial charge is 0.512 e. The van der Waals surface area contributed by atoms with Crippen molar-refractivity contribution in [2.45, 2.75) is 6.42 Å². The summed E-state index contributed by atoms with van der Waals surface area (Å²) in [5.74, 6) is -1.04. The van der Waals surface area contributed by atoms with Crippen LogP contribution in [-0.4, -0.2) is 40.7 Å². The predicted octanol–water partition coefficient (Wildman–Crippen LogP) is 0.887. The number of carbonyl (C=O) groups is 1. The number of carboxylic acid groups (broad SMARTS) is 1. The van der Waals surface area contributed by atoms with Crippen molar-refractivity contribution >= 4 is 29.2 Å². The Balaban J connectivity index is 1.79. The zero-order chi connectivity index (χ0) is 14.3. The van der Waals surface area contributed by atoms with E-state index in [9.17, 15) is 9.90 Å². The van der Waals surface area contributed by atoms with Crippen LogP contribution in [0.25, 0.3) is 11.6 Å². The lowest BCUT2D eigenvalue weighted by molar-refractivity contribution is -0.133. The SMILES string of the molecule is O=C(O)C1=C(O)CCN(CC2=c3cc(Cl)ccc3=C2)C1. The van der Waals surface area contributed by atoms with Crippen molar-refractivity contribution in [1.29, 1.82) is 0 Å². The summed E-state index contributed by atoms with van der Waals surface area (Å²) in [6.45, 7) is 1.61. The van der Waals surface area contributed by atoms with Crippen molar-refractivity contribution in [2.75, 3.05) is 19.6 Å². The number of benzene rings is 1. The van der Waals surface area contributed by atoms with Gasteiger partial charge in [-0.1, -0.05) is 17.7 Å². The van der Waals surface area contributed by atoms with E-state index in [1.165, 1.54) is 5.22 Å². The highest BCUT2D eigenvalue weighted by molar-refractivity contribution is 6.30. The van der Waals surface area contributed by atoms with Crippen molar-refractivity contribution in [3.05, 3.63) is 45.0 Å². The van der Waals surface area contributed by atoms with Crippen LogP contribution < -0.4 is 10.4 Å². The molecule has 104 valence electrons. The first-order valence-corrected chi connectivity index (χ1v) is 6.79. The molecular formula is C15H14ClNO3. The summed E-state index contributed by atoms with van der Waals surface area (Å²) in [6.07, 6.45) is 2.47. The first kappa shape index (κ1) is 13.2. The van der Waals surface area contributed by atoms with Crippen LogP contribution in [-0.2, 0) is 4.79 Å². The topological polar surface area (TPSA) is 60.8 Å². The third kappa shape index (κ3) is 2.32. The fourth-order valence-corrected chi connectivity index (χ4v) is 2.80. The molecular weight excluding hydrogens is 278 g/mol. The number of rotatable bonds is 3. The molecule has 4 nitrogen and oxygen atoms in total. The van der Waals surface area contributed by atoms with Crippen LogP contribution in [0.1, 0.15) is 6.42 Å². The summed E-state index contributed by atoms with van der Waals surface area (Å²) in [5.41, 5.74) is 1.26. The first-order valence-electron chi connectivity index (χ1n) is 6.42. The molecule has 20 heavy (non-hydrogen) atoms. The van der Waals surface area contributed by atoms with Crippen molar-refractivity contribution < 1.29 is 15.0 Å². The Morgan fingerprint density at radius 3 is 2.95 bits per heavy atom. The highest BCUT2D eigenvalue weighted by atomic mass is 35.5. The van der Waals surface area contributed by atoms with Crippen molar-refractivity contribution in [3.63, 3.8) is 0 Å². The summed E-state index contributed by atoms with van der Waals surface area (Å²) in [5, 5.41) is 21.6. The maximum atomic E-state index is 11.0. The number of aliphatic hydroxyl groups excluding tert-OH is 1. The molecule has 3 rings (SSSR count). The minimum absolute atomic E-state index is 0.000200. The summed E-state index contributed by atoms with van der Waals surface area (Å²) in [4.78, 5) is 13.1. The smallest absolute Gasteiger partial charge is 0.336 e. The van der Waals surface area contributed by atoms with Crippen LogP contribution in [0.3, 0.4) is 0 Å². The van der Waals surface area contributed by atoms with E-state index in [1.807, 2.05) is 23.1 Å². The summed E-state index contributed by atoms with van der Waals surface area (Å²) >= 11 is 5.98. The molecule has 0 radical (unpaired) electrons. The molecule has 1 aromatic rings. The number of carboxylic acids is 1. The second-order valence-corrected chi connectivity index (χ2v) is 5.53. The fourth-order valence-electron chi connectivity index (χ4n) is 2.63.